The molecule has 6 heteroatoms. The van der Waals surface area contributed by atoms with E-state index in [0.717, 1.165) is 45.0 Å². The minimum Gasteiger partial charge on any atom is -0.507 e. The van der Waals surface area contributed by atoms with Gasteiger partial charge in [0.25, 0.3) is 11.7 Å². The second-order valence-corrected chi connectivity index (χ2v) is 9.15. The second-order valence-electron chi connectivity index (χ2n) is 9.15. The molecule has 1 aliphatic heterocycles. The van der Waals surface area contributed by atoms with Gasteiger partial charge in [0.15, 0.2) is 0 Å². The maximum atomic E-state index is 13.6. The number of H-pyrrole nitrogens is 2. The molecule has 36 heavy (non-hydrogen) atoms. The van der Waals surface area contributed by atoms with Crippen molar-refractivity contribution in [1.29, 1.82) is 0 Å². The maximum absolute atomic E-state index is 13.6. The molecule has 5 aromatic rings. The number of benzene rings is 3. The van der Waals surface area contributed by atoms with E-state index in [2.05, 4.69) is 16.9 Å². The van der Waals surface area contributed by atoms with E-state index >= 15 is 0 Å². The van der Waals surface area contributed by atoms with E-state index in [-0.39, 0.29) is 11.3 Å². The summed E-state index contributed by atoms with van der Waals surface area (Å²) in [6, 6.07) is 22.2. The summed E-state index contributed by atoms with van der Waals surface area (Å²) in [4.78, 5) is 35.2. The molecule has 3 N–H and O–H groups in total. The van der Waals surface area contributed by atoms with E-state index in [1.807, 2.05) is 79.7 Å². The summed E-state index contributed by atoms with van der Waals surface area (Å²) in [6.45, 7) is 4.00. The number of aryl methyl sites for hydroxylation is 2. The van der Waals surface area contributed by atoms with Crippen LogP contribution in [0.15, 0.2) is 84.6 Å². The normalized spacial score (nSPS) is 17.5. The fourth-order valence-electron chi connectivity index (χ4n) is 5.33. The van der Waals surface area contributed by atoms with Gasteiger partial charge < -0.3 is 15.1 Å². The number of carbonyl (C=O) groups is 2. The van der Waals surface area contributed by atoms with Gasteiger partial charge in [0.2, 0.25) is 0 Å². The van der Waals surface area contributed by atoms with Gasteiger partial charge in [0, 0.05) is 50.5 Å². The number of hydrogen-bond donors (Lipinski definition) is 3. The molecule has 0 radical (unpaired) electrons. The summed E-state index contributed by atoms with van der Waals surface area (Å²) in [5, 5.41) is 13.3. The van der Waals surface area contributed by atoms with Gasteiger partial charge >= 0.3 is 0 Å². The highest BCUT2D eigenvalue weighted by atomic mass is 16.3. The van der Waals surface area contributed by atoms with E-state index in [9.17, 15) is 14.7 Å². The van der Waals surface area contributed by atoms with E-state index in [4.69, 9.17) is 0 Å². The molecule has 2 aromatic heterocycles. The molecule has 1 unspecified atom stereocenters. The summed E-state index contributed by atoms with van der Waals surface area (Å²) in [6.07, 6.45) is 2.55. The second kappa shape index (κ2) is 8.27. The third kappa shape index (κ3) is 3.18. The first-order valence-electron chi connectivity index (χ1n) is 12.0. The number of aromatic amines is 2. The molecular weight excluding hydrogens is 450 g/mol. The number of fused-ring (bicyclic) bond motifs is 2. The highest BCUT2D eigenvalue weighted by Gasteiger charge is 2.48. The Labute approximate surface area is 207 Å². The summed E-state index contributed by atoms with van der Waals surface area (Å²) in [5.41, 5.74) is 5.70. The SMILES string of the molecule is CCc1ccc(N2C(=O)C(=O)/C(=C(/O)c3c[nH]c4ccccc34)C2c2c(C)[nH]c3ccccc23)cc1. The molecule has 0 spiro atoms. The van der Waals surface area contributed by atoms with Crippen LogP contribution in [0.4, 0.5) is 5.69 Å². The molecule has 0 aliphatic carbocycles. The standard InChI is InChI=1S/C30H25N3O3/c1-3-18-12-14-19(15-13-18)33-27(25-17(2)32-24-11-7-5-9-21(24)25)26(29(35)30(33)36)28(34)22-16-31-23-10-6-4-8-20(22)23/h4-16,27,31-32,34H,3H2,1-2H3/b28-26+. The molecule has 3 aromatic carbocycles. The van der Waals surface area contributed by atoms with Gasteiger partial charge in [-0.1, -0.05) is 55.5 Å². The number of carbonyl (C=O) groups excluding carboxylic acids is 2. The number of Topliss-reactive ketones (excluding diaryl/α,β-unsaturated/α-hetero) is 1. The Hall–Kier alpha value is -4.58. The first-order chi connectivity index (χ1) is 17.5. The third-order valence-corrected chi connectivity index (χ3v) is 7.13. The van der Waals surface area contributed by atoms with Crippen LogP contribution in [0.3, 0.4) is 0 Å². The minimum atomic E-state index is -0.790. The smallest absolute Gasteiger partial charge is 0.300 e. The Bertz CT molecular complexity index is 1690. The predicted octanol–water partition coefficient (Wildman–Crippen LogP) is 6.15. The Morgan fingerprint density at radius 2 is 1.58 bits per heavy atom. The van der Waals surface area contributed by atoms with Crippen molar-refractivity contribution in [3.05, 3.63) is 107 Å². The molecule has 0 saturated carbocycles. The van der Waals surface area contributed by atoms with E-state index < -0.39 is 17.7 Å². The van der Waals surface area contributed by atoms with Gasteiger partial charge in [-0.15, -0.1) is 0 Å². The average molecular weight is 476 g/mol. The van der Waals surface area contributed by atoms with Crippen molar-refractivity contribution in [2.75, 3.05) is 4.90 Å². The fraction of sp³-hybridized carbons (Fsp3) is 0.133. The number of aliphatic hydroxyl groups is 1. The third-order valence-electron chi connectivity index (χ3n) is 7.13. The number of aliphatic hydroxyl groups excluding tert-OH is 1. The first kappa shape index (κ1) is 21.9. The van der Waals surface area contributed by atoms with Gasteiger partial charge in [-0.25, -0.2) is 0 Å². The van der Waals surface area contributed by atoms with Crippen LogP contribution in [0, 0.1) is 6.92 Å². The van der Waals surface area contributed by atoms with Crippen LogP contribution in [0.25, 0.3) is 27.6 Å². The summed E-state index contributed by atoms with van der Waals surface area (Å²) in [5.74, 6) is -1.55. The molecule has 0 bridgehead atoms. The van der Waals surface area contributed by atoms with Gasteiger partial charge in [0.05, 0.1) is 11.6 Å². The molecule has 178 valence electrons. The first-order valence-corrected chi connectivity index (χ1v) is 12.0. The lowest BCUT2D eigenvalue weighted by Crippen LogP contribution is -2.29. The highest BCUT2D eigenvalue weighted by molar-refractivity contribution is 6.52. The summed E-state index contributed by atoms with van der Waals surface area (Å²) >= 11 is 0. The summed E-state index contributed by atoms with van der Waals surface area (Å²) < 4.78 is 0. The van der Waals surface area contributed by atoms with Crippen molar-refractivity contribution in [2.45, 2.75) is 26.3 Å². The number of amides is 1. The zero-order chi connectivity index (χ0) is 25.0. The number of ketones is 1. The molecule has 1 saturated heterocycles. The van der Waals surface area contributed by atoms with Crippen LogP contribution in [0.1, 0.15) is 35.3 Å². The molecule has 6 rings (SSSR count). The lowest BCUT2D eigenvalue weighted by Gasteiger charge is -2.26. The molecule has 6 nitrogen and oxygen atoms in total. The number of hydrogen-bond acceptors (Lipinski definition) is 3. The molecule has 1 atom stereocenters. The summed E-state index contributed by atoms with van der Waals surface area (Å²) in [7, 11) is 0. The van der Waals surface area contributed by atoms with Crippen LogP contribution in [-0.2, 0) is 16.0 Å². The van der Waals surface area contributed by atoms with Crippen molar-refractivity contribution >= 4 is 44.9 Å². The molecule has 3 heterocycles. The van der Waals surface area contributed by atoms with Crippen molar-refractivity contribution in [3.63, 3.8) is 0 Å². The van der Waals surface area contributed by atoms with Crippen LogP contribution in [0.2, 0.25) is 0 Å². The number of anilines is 1. The van der Waals surface area contributed by atoms with Crippen molar-refractivity contribution in [3.8, 4) is 0 Å². The van der Waals surface area contributed by atoms with Crippen molar-refractivity contribution in [1.82, 2.24) is 9.97 Å². The number of aromatic nitrogens is 2. The number of nitrogens with one attached hydrogen (secondary N) is 2. The minimum absolute atomic E-state index is 0.0807. The number of nitrogens with zero attached hydrogens (tertiary/aromatic N) is 1. The van der Waals surface area contributed by atoms with Gasteiger partial charge in [-0.3, -0.25) is 14.5 Å². The van der Waals surface area contributed by atoms with Gasteiger partial charge in [-0.05, 0) is 43.2 Å². The van der Waals surface area contributed by atoms with E-state index in [1.165, 1.54) is 4.90 Å². The molecule has 1 amide bonds. The zero-order valence-corrected chi connectivity index (χ0v) is 20.0. The molecule has 1 aliphatic rings. The van der Waals surface area contributed by atoms with Crippen LogP contribution in [0.5, 0.6) is 0 Å². The monoisotopic (exact) mass is 475 g/mol. The topological polar surface area (TPSA) is 89.2 Å². The number of para-hydroxylation sites is 2. The van der Waals surface area contributed by atoms with Crippen molar-refractivity contribution < 1.29 is 14.7 Å². The lowest BCUT2D eigenvalue weighted by atomic mass is 9.93. The van der Waals surface area contributed by atoms with Crippen LogP contribution < -0.4 is 4.90 Å². The Morgan fingerprint density at radius 3 is 2.31 bits per heavy atom. The van der Waals surface area contributed by atoms with E-state index in [0.29, 0.717) is 11.3 Å². The van der Waals surface area contributed by atoms with Crippen LogP contribution in [-0.4, -0.2) is 26.8 Å². The molecule has 1 fully saturated rings. The lowest BCUT2D eigenvalue weighted by molar-refractivity contribution is -0.132. The maximum Gasteiger partial charge on any atom is 0.300 e. The van der Waals surface area contributed by atoms with Gasteiger partial charge in [0.1, 0.15) is 5.76 Å². The number of rotatable bonds is 4. The largest absolute Gasteiger partial charge is 0.507 e. The Morgan fingerprint density at radius 1 is 0.917 bits per heavy atom. The average Bonchev–Trinajstić information content (AvgIpc) is 3.55. The van der Waals surface area contributed by atoms with Crippen LogP contribution >= 0.6 is 0 Å². The van der Waals surface area contributed by atoms with Crippen molar-refractivity contribution in [2.24, 2.45) is 0 Å². The highest BCUT2D eigenvalue weighted by Crippen LogP contribution is 2.46. The quantitative estimate of drug-likeness (QED) is 0.166. The van der Waals surface area contributed by atoms with E-state index in [1.54, 1.807) is 6.20 Å². The molecular formula is C30H25N3O3. The predicted molar refractivity (Wildman–Crippen MR) is 142 cm³/mol. The fourth-order valence-corrected chi connectivity index (χ4v) is 5.33. The van der Waals surface area contributed by atoms with Gasteiger partial charge in [-0.2, -0.15) is 0 Å². The Balaban J connectivity index is 1.64. The zero-order valence-electron chi connectivity index (χ0n) is 20.0. The Kier molecular flexibility index (Phi) is 5.04.